The summed E-state index contributed by atoms with van der Waals surface area (Å²) >= 11 is 0. The maximum absolute atomic E-state index is 12.7. The van der Waals surface area contributed by atoms with E-state index < -0.39 is 11.9 Å². The zero-order chi connectivity index (χ0) is 17.4. The second kappa shape index (κ2) is 5.92. The minimum absolute atomic E-state index is 0.227. The molecule has 2 aromatic rings. The molecule has 0 saturated carbocycles. The minimum atomic E-state index is -0.509. The molecule has 1 aliphatic rings. The molecule has 0 aromatic heterocycles. The molecule has 1 aliphatic heterocycles. The van der Waals surface area contributed by atoms with Crippen molar-refractivity contribution < 1.29 is 19.1 Å². The van der Waals surface area contributed by atoms with Crippen LogP contribution in [0.3, 0.4) is 0 Å². The van der Waals surface area contributed by atoms with Gasteiger partial charge in [-0.05, 0) is 50.6 Å². The number of carbonyl (C=O) groups excluding carboxylic acids is 3. The number of fused-ring (bicyclic) bond motifs is 1. The van der Waals surface area contributed by atoms with Gasteiger partial charge in [0.05, 0.1) is 29.0 Å². The van der Waals surface area contributed by atoms with Crippen molar-refractivity contribution in [2.75, 3.05) is 11.5 Å². The van der Waals surface area contributed by atoms with Crippen LogP contribution in [0.4, 0.5) is 5.69 Å². The van der Waals surface area contributed by atoms with Gasteiger partial charge in [0.2, 0.25) is 0 Å². The first kappa shape index (κ1) is 15.9. The summed E-state index contributed by atoms with van der Waals surface area (Å²) in [4.78, 5) is 38.4. The summed E-state index contributed by atoms with van der Waals surface area (Å²) in [7, 11) is 0. The first-order valence-corrected chi connectivity index (χ1v) is 7.71. The topological polar surface area (TPSA) is 63.7 Å². The maximum atomic E-state index is 12.7. The van der Waals surface area contributed by atoms with E-state index in [2.05, 4.69) is 0 Å². The second-order valence-corrected chi connectivity index (χ2v) is 5.72. The van der Waals surface area contributed by atoms with Crippen LogP contribution in [0.5, 0.6) is 0 Å². The molecule has 0 spiro atoms. The maximum Gasteiger partial charge on any atom is 0.338 e. The number of aryl methyl sites for hydroxylation is 2. The highest BCUT2D eigenvalue weighted by atomic mass is 16.5. The van der Waals surface area contributed by atoms with E-state index in [0.717, 1.165) is 16.0 Å². The van der Waals surface area contributed by atoms with Crippen LogP contribution in [-0.4, -0.2) is 24.4 Å². The number of imide groups is 1. The Morgan fingerprint density at radius 2 is 1.71 bits per heavy atom. The third-order valence-corrected chi connectivity index (χ3v) is 3.99. The smallest absolute Gasteiger partial charge is 0.338 e. The lowest BCUT2D eigenvalue weighted by atomic mass is 10.1. The predicted octanol–water partition coefficient (Wildman–Crippen LogP) is 3.28. The Balaban J connectivity index is 2.03. The number of anilines is 1. The van der Waals surface area contributed by atoms with Crippen molar-refractivity contribution in [3.05, 3.63) is 64.2 Å². The summed E-state index contributed by atoms with van der Waals surface area (Å²) in [5.41, 5.74) is 3.25. The largest absolute Gasteiger partial charge is 0.462 e. The Kier molecular flexibility index (Phi) is 3.93. The molecule has 2 aromatic carbocycles. The molecule has 122 valence electrons. The number of amides is 2. The Morgan fingerprint density at radius 3 is 2.38 bits per heavy atom. The standard InChI is InChI=1S/C19H17NO4/c1-4-24-19(23)13-6-7-14-15(10-13)18(22)20(17(14)21)16-8-5-11(2)9-12(16)3/h5-10H,4H2,1-3H3. The van der Waals surface area contributed by atoms with Gasteiger partial charge >= 0.3 is 5.97 Å². The number of esters is 1. The molecule has 0 aliphatic carbocycles. The fraction of sp³-hybridized carbons (Fsp3) is 0.211. The first-order valence-electron chi connectivity index (χ1n) is 7.71. The summed E-state index contributed by atoms with van der Waals surface area (Å²) < 4.78 is 4.94. The molecule has 2 amide bonds. The van der Waals surface area contributed by atoms with Gasteiger partial charge in [-0.2, -0.15) is 0 Å². The summed E-state index contributed by atoms with van der Waals surface area (Å²) in [6.07, 6.45) is 0. The summed E-state index contributed by atoms with van der Waals surface area (Å²) in [6, 6.07) is 9.98. The third kappa shape index (κ3) is 2.48. The molecule has 5 heteroatoms. The average molecular weight is 323 g/mol. The van der Waals surface area contributed by atoms with Crippen LogP contribution >= 0.6 is 0 Å². The van der Waals surface area contributed by atoms with Gasteiger partial charge < -0.3 is 4.74 Å². The highest BCUT2D eigenvalue weighted by Crippen LogP contribution is 2.31. The van der Waals surface area contributed by atoms with Crippen molar-refractivity contribution in [3.8, 4) is 0 Å². The molecule has 0 bridgehead atoms. The molecule has 0 saturated heterocycles. The molecule has 0 unspecified atom stereocenters. The van der Waals surface area contributed by atoms with Gasteiger partial charge in [0.25, 0.3) is 11.8 Å². The molecule has 0 fully saturated rings. The van der Waals surface area contributed by atoms with Crippen LogP contribution in [-0.2, 0) is 4.74 Å². The fourth-order valence-corrected chi connectivity index (χ4v) is 2.86. The quantitative estimate of drug-likeness (QED) is 0.642. The predicted molar refractivity (Wildman–Crippen MR) is 89.5 cm³/mol. The summed E-state index contributed by atoms with van der Waals surface area (Å²) in [5.74, 6) is -1.31. The first-order chi connectivity index (χ1) is 11.4. The molecular formula is C19H17NO4. The van der Waals surface area contributed by atoms with E-state index >= 15 is 0 Å². The highest BCUT2D eigenvalue weighted by Gasteiger charge is 2.37. The number of benzene rings is 2. The van der Waals surface area contributed by atoms with Crippen molar-refractivity contribution in [1.29, 1.82) is 0 Å². The molecule has 0 atom stereocenters. The molecule has 1 heterocycles. The lowest BCUT2D eigenvalue weighted by Gasteiger charge is -2.16. The van der Waals surface area contributed by atoms with Crippen LogP contribution in [0.15, 0.2) is 36.4 Å². The highest BCUT2D eigenvalue weighted by molar-refractivity contribution is 6.34. The van der Waals surface area contributed by atoms with E-state index in [1.54, 1.807) is 13.0 Å². The van der Waals surface area contributed by atoms with E-state index in [-0.39, 0.29) is 23.6 Å². The van der Waals surface area contributed by atoms with Crippen LogP contribution < -0.4 is 4.90 Å². The third-order valence-electron chi connectivity index (χ3n) is 3.99. The van der Waals surface area contributed by atoms with Gasteiger partial charge in [0.15, 0.2) is 0 Å². The van der Waals surface area contributed by atoms with Crippen molar-refractivity contribution in [3.63, 3.8) is 0 Å². The van der Waals surface area contributed by atoms with Crippen molar-refractivity contribution >= 4 is 23.5 Å². The second-order valence-electron chi connectivity index (χ2n) is 5.72. The molecule has 3 rings (SSSR count). The van der Waals surface area contributed by atoms with Gasteiger partial charge in [-0.3, -0.25) is 9.59 Å². The lowest BCUT2D eigenvalue weighted by Crippen LogP contribution is -2.30. The number of hydrogen-bond donors (Lipinski definition) is 0. The Labute approximate surface area is 139 Å². The Hall–Kier alpha value is -2.95. The van der Waals surface area contributed by atoms with Crippen LogP contribution in [0.1, 0.15) is 49.1 Å². The lowest BCUT2D eigenvalue weighted by molar-refractivity contribution is 0.0526. The van der Waals surface area contributed by atoms with Crippen molar-refractivity contribution in [2.45, 2.75) is 20.8 Å². The molecule has 0 radical (unpaired) electrons. The van der Waals surface area contributed by atoms with Gasteiger partial charge in [0.1, 0.15) is 0 Å². The Bertz CT molecular complexity index is 870. The van der Waals surface area contributed by atoms with Gasteiger partial charge in [-0.1, -0.05) is 17.7 Å². The zero-order valence-electron chi connectivity index (χ0n) is 13.8. The van der Waals surface area contributed by atoms with E-state index in [4.69, 9.17) is 4.74 Å². The van der Waals surface area contributed by atoms with E-state index in [0.29, 0.717) is 11.3 Å². The minimum Gasteiger partial charge on any atom is -0.462 e. The van der Waals surface area contributed by atoms with Crippen LogP contribution in [0.25, 0.3) is 0 Å². The van der Waals surface area contributed by atoms with Gasteiger partial charge in [-0.15, -0.1) is 0 Å². The summed E-state index contributed by atoms with van der Waals surface area (Å²) in [6.45, 7) is 5.76. The fourth-order valence-electron chi connectivity index (χ4n) is 2.86. The van der Waals surface area contributed by atoms with Gasteiger partial charge in [0, 0.05) is 0 Å². The van der Waals surface area contributed by atoms with Crippen molar-refractivity contribution in [1.82, 2.24) is 0 Å². The molecule has 0 N–H and O–H groups in total. The van der Waals surface area contributed by atoms with Crippen LogP contribution in [0.2, 0.25) is 0 Å². The Morgan fingerprint density at radius 1 is 1.00 bits per heavy atom. The van der Waals surface area contributed by atoms with E-state index in [9.17, 15) is 14.4 Å². The number of ether oxygens (including phenoxy) is 1. The number of rotatable bonds is 3. The molecule has 5 nitrogen and oxygen atoms in total. The number of nitrogens with zero attached hydrogens (tertiary/aromatic N) is 1. The van der Waals surface area contributed by atoms with Crippen molar-refractivity contribution in [2.24, 2.45) is 0 Å². The van der Waals surface area contributed by atoms with Crippen LogP contribution in [0, 0.1) is 13.8 Å². The van der Waals surface area contributed by atoms with E-state index in [1.165, 1.54) is 18.2 Å². The normalized spacial score (nSPS) is 13.2. The summed E-state index contributed by atoms with van der Waals surface area (Å²) in [5, 5.41) is 0. The SMILES string of the molecule is CCOC(=O)c1ccc2c(c1)C(=O)N(c1ccc(C)cc1C)C2=O. The zero-order valence-corrected chi connectivity index (χ0v) is 13.8. The van der Waals surface area contributed by atoms with E-state index in [1.807, 2.05) is 26.0 Å². The van der Waals surface area contributed by atoms with Gasteiger partial charge in [-0.25, -0.2) is 9.69 Å². The monoisotopic (exact) mass is 323 g/mol. The average Bonchev–Trinajstić information content (AvgIpc) is 2.79. The molecular weight excluding hydrogens is 306 g/mol. The number of carbonyl (C=O) groups is 3. The number of hydrogen-bond acceptors (Lipinski definition) is 4. The molecule has 24 heavy (non-hydrogen) atoms.